The summed E-state index contributed by atoms with van der Waals surface area (Å²) in [5.41, 5.74) is 0. The molecule has 1 N–H and O–H groups in total. The van der Waals surface area contributed by atoms with Gasteiger partial charge in [0.05, 0.1) is 34.4 Å². The van der Waals surface area contributed by atoms with Crippen LogP contribution in [0.3, 0.4) is 0 Å². The van der Waals surface area contributed by atoms with Crippen LogP contribution in [0.4, 0.5) is 0 Å². The number of carbonyl (C=O) groups is 3. The molecule has 0 saturated heterocycles. The van der Waals surface area contributed by atoms with Crippen molar-refractivity contribution >= 4 is 17.9 Å². The number of esters is 2. The van der Waals surface area contributed by atoms with E-state index in [2.05, 4.69) is 184 Å². The van der Waals surface area contributed by atoms with E-state index in [1.807, 2.05) is 21.1 Å². The summed E-state index contributed by atoms with van der Waals surface area (Å²) < 4.78 is 23.0. The molecule has 0 bridgehead atoms. The molecular weight excluding hydrogens is 1130 g/mol. The lowest BCUT2D eigenvalue weighted by Crippen LogP contribution is -2.40. The molecule has 0 saturated carbocycles. The minimum absolute atomic E-state index is 0.174. The van der Waals surface area contributed by atoms with E-state index < -0.39 is 24.3 Å². The minimum atomic E-state index is -1.53. The summed E-state index contributed by atoms with van der Waals surface area (Å²) in [6.07, 6.45) is 103. The van der Waals surface area contributed by atoms with Gasteiger partial charge in [-0.2, -0.15) is 0 Å². The third kappa shape index (κ3) is 71.9. The van der Waals surface area contributed by atoms with E-state index in [0.29, 0.717) is 17.4 Å². The van der Waals surface area contributed by atoms with E-state index in [1.54, 1.807) is 0 Å². The van der Waals surface area contributed by atoms with Gasteiger partial charge in [0.1, 0.15) is 13.2 Å². The number of carboxylic acids is 1. The first-order valence-corrected chi connectivity index (χ1v) is 36.3. The molecule has 9 heteroatoms. The number of ether oxygens (including phenoxy) is 4. The van der Waals surface area contributed by atoms with Crippen molar-refractivity contribution < 1.29 is 42.9 Å². The molecule has 0 radical (unpaired) electrons. The van der Waals surface area contributed by atoms with Crippen LogP contribution in [0.5, 0.6) is 0 Å². The van der Waals surface area contributed by atoms with Crippen LogP contribution in [0.15, 0.2) is 170 Å². The van der Waals surface area contributed by atoms with Crippen molar-refractivity contribution in [3.8, 4) is 0 Å². The summed E-state index contributed by atoms with van der Waals surface area (Å²) in [5.74, 6) is -2.05. The van der Waals surface area contributed by atoms with E-state index in [0.717, 1.165) is 135 Å². The second-order valence-corrected chi connectivity index (χ2v) is 24.8. The molecule has 0 aromatic rings. The number of likely N-dealkylation sites (N-methyl/N-ethyl adjacent to an activating group) is 1. The zero-order valence-corrected chi connectivity index (χ0v) is 58.7. The Balaban J connectivity index is 4.16. The number of aliphatic carboxylic acids is 1. The standard InChI is InChI=1S/C82H133NO8/c1-6-8-10-12-14-16-18-20-22-24-26-28-30-32-34-36-37-38-39-40-41-42-43-45-46-48-50-52-54-56-58-60-62-64-66-68-70-72-79(84)89-76-78(77-90-82(81(86)87)88-75-74-83(3,4)5)91-80(85)73-71-69-67-65-63-61-59-57-55-53-51-49-47-44-35-33-31-29-27-25-23-21-19-17-15-13-11-9-7-2/h8-11,14-17,20-23,26-29,32-35,37-38,47,49,53,55,59,61,78,82H,6-7,12-13,18-19,24-25,30-31,36,39-46,48,50-52,54,56-58,60,62-77H2,1-5H3/p+1/b10-8-,11-9-,16-14-,17-15-,22-20-,23-21-,28-26-,29-27-,34-32-,35-33-,38-37-,49-47-,55-53-,61-59-. The van der Waals surface area contributed by atoms with Crippen molar-refractivity contribution in [1.29, 1.82) is 0 Å². The Kier molecular flexibility index (Phi) is 66.4. The molecule has 0 aliphatic carbocycles. The first-order valence-electron chi connectivity index (χ1n) is 36.3. The Morgan fingerprint density at radius 3 is 0.879 bits per heavy atom. The largest absolute Gasteiger partial charge is 0.477 e. The second kappa shape index (κ2) is 70.5. The summed E-state index contributed by atoms with van der Waals surface area (Å²) in [7, 11) is 5.96. The van der Waals surface area contributed by atoms with Crippen LogP contribution in [0.25, 0.3) is 0 Å². The van der Waals surface area contributed by atoms with Gasteiger partial charge in [0, 0.05) is 12.8 Å². The summed E-state index contributed by atoms with van der Waals surface area (Å²) in [5, 5.41) is 9.75. The molecule has 0 heterocycles. The van der Waals surface area contributed by atoms with E-state index in [-0.39, 0.29) is 38.6 Å². The Morgan fingerprint density at radius 2 is 0.593 bits per heavy atom. The lowest BCUT2D eigenvalue weighted by Gasteiger charge is -2.25. The minimum Gasteiger partial charge on any atom is -0.477 e. The number of rotatable bonds is 65. The van der Waals surface area contributed by atoms with Crippen molar-refractivity contribution in [1.82, 2.24) is 0 Å². The number of hydrogen-bond donors (Lipinski definition) is 1. The Labute approximate surface area is 558 Å². The van der Waals surface area contributed by atoms with Crippen molar-refractivity contribution in [2.45, 2.75) is 283 Å². The van der Waals surface area contributed by atoms with Gasteiger partial charge in [-0.3, -0.25) is 9.59 Å². The van der Waals surface area contributed by atoms with Gasteiger partial charge in [-0.15, -0.1) is 0 Å². The number of carboxylic acid groups (broad SMARTS) is 1. The Morgan fingerprint density at radius 1 is 0.330 bits per heavy atom. The monoisotopic (exact) mass is 1260 g/mol. The number of carbonyl (C=O) groups excluding carboxylic acids is 2. The number of allylic oxidation sites excluding steroid dienone is 28. The average molecular weight is 1260 g/mol. The molecule has 0 amide bonds. The lowest BCUT2D eigenvalue weighted by atomic mass is 10.0. The maximum absolute atomic E-state index is 12.9. The summed E-state index contributed by atoms with van der Waals surface area (Å²) in [4.78, 5) is 37.7. The lowest BCUT2D eigenvalue weighted by molar-refractivity contribution is -0.870. The highest BCUT2D eigenvalue weighted by Gasteiger charge is 2.25. The number of unbranched alkanes of at least 4 members (excludes halogenated alkanes) is 22. The Hall–Kier alpha value is -5.35. The molecule has 0 aromatic carbocycles. The summed E-state index contributed by atoms with van der Waals surface area (Å²) in [6.45, 7) is 4.61. The summed E-state index contributed by atoms with van der Waals surface area (Å²) >= 11 is 0. The van der Waals surface area contributed by atoms with Crippen LogP contribution in [0.2, 0.25) is 0 Å². The van der Waals surface area contributed by atoms with Crippen LogP contribution in [-0.2, 0) is 33.3 Å². The van der Waals surface area contributed by atoms with Crippen molar-refractivity contribution in [2.75, 3.05) is 47.5 Å². The van der Waals surface area contributed by atoms with E-state index >= 15 is 0 Å². The van der Waals surface area contributed by atoms with Crippen LogP contribution in [-0.4, -0.2) is 87.4 Å². The maximum atomic E-state index is 12.9. The highest BCUT2D eigenvalue weighted by Crippen LogP contribution is 2.17. The predicted octanol–water partition coefficient (Wildman–Crippen LogP) is 23.0. The van der Waals surface area contributed by atoms with Gasteiger partial charge in [-0.25, -0.2) is 4.79 Å². The molecular formula is C82H134NO8+. The highest BCUT2D eigenvalue weighted by molar-refractivity contribution is 5.71. The number of quaternary nitrogens is 1. The SMILES string of the molecule is CC/C=C\C/C=C\C/C=C\C/C=C\C/C=C\C/C=C\C/C=C\C/C=C\CCCCCCC(=O)OC(COC(=O)CCCCCCCCCCCCCCCCCCCC/C=C\C/C=C\C/C=C\C/C=C\C/C=C\C/C=C\CC)COC(OCC[N+](C)(C)C)C(=O)O. The van der Waals surface area contributed by atoms with Crippen LogP contribution in [0, 0.1) is 0 Å². The Bertz CT molecular complexity index is 2100. The molecule has 0 aromatic heterocycles. The summed E-state index contributed by atoms with van der Waals surface area (Å²) in [6, 6.07) is 0. The molecule has 2 atom stereocenters. The third-order valence-corrected chi connectivity index (χ3v) is 15.0. The van der Waals surface area contributed by atoms with Gasteiger partial charge in [0.25, 0.3) is 6.29 Å². The van der Waals surface area contributed by atoms with E-state index in [9.17, 15) is 19.5 Å². The third-order valence-electron chi connectivity index (χ3n) is 15.0. The predicted molar refractivity (Wildman–Crippen MR) is 391 cm³/mol. The van der Waals surface area contributed by atoms with Crippen LogP contribution < -0.4 is 0 Å². The zero-order valence-electron chi connectivity index (χ0n) is 58.7. The quantitative estimate of drug-likeness (QED) is 0.0211. The number of hydrogen-bond acceptors (Lipinski definition) is 7. The fourth-order valence-corrected chi connectivity index (χ4v) is 9.50. The molecule has 0 aliphatic heterocycles. The van der Waals surface area contributed by atoms with Gasteiger partial charge in [-0.05, 0) is 128 Å². The molecule has 514 valence electrons. The van der Waals surface area contributed by atoms with Gasteiger partial charge in [-0.1, -0.05) is 300 Å². The van der Waals surface area contributed by atoms with E-state index in [1.165, 1.54) is 103 Å². The molecule has 91 heavy (non-hydrogen) atoms. The fourth-order valence-electron chi connectivity index (χ4n) is 9.50. The molecule has 0 fully saturated rings. The van der Waals surface area contributed by atoms with Crippen LogP contribution >= 0.6 is 0 Å². The van der Waals surface area contributed by atoms with Gasteiger partial charge in [0.15, 0.2) is 6.10 Å². The average Bonchev–Trinajstić information content (AvgIpc) is 3.66. The molecule has 0 rings (SSSR count). The smallest absolute Gasteiger partial charge is 0.361 e. The molecule has 9 nitrogen and oxygen atoms in total. The molecule has 2 unspecified atom stereocenters. The normalized spacial score (nSPS) is 13.7. The van der Waals surface area contributed by atoms with Gasteiger partial charge < -0.3 is 28.5 Å². The highest BCUT2D eigenvalue weighted by atomic mass is 16.7. The van der Waals surface area contributed by atoms with Crippen LogP contribution in [0.1, 0.15) is 271 Å². The number of nitrogens with zero attached hydrogens (tertiary/aromatic N) is 1. The van der Waals surface area contributed by atoms with Crippen molar-refractivity contribution in [3.63, 3.8) is 0 Å². The zero-order chi connectivity index (χ0) is 66.1. The van der Waals surface area contributed by atoms with Crippen molar-refractivity contribution in [3.05, 3.63) is 170 Å². The first-order chi connectivity index (χ1) is 44.6. The van der Waals surface area contributed by atoms with E-state index in [4.69, 9.17) is 18.9 Å². The fraction of sp³-hybridized carbons (Fsp3) is 0.622. The first kappa shape index (κ1) is 85.7. The van der Waals surface area contributed by atoms with Gasteiger partial charge in [0.2, 0.25) is 0 Å². The molecule has 0 spiro atoms. The van der Waals surface area contributed by atoms with Gasteiger partial charge >= 0.3 is 17.9 Å². The molecule has 0 aliphatic rings. The topological polar surface area (TPSA) is 108 Å². The second-order valence-electron chi connectivity index (χ2n) is 24.8. The maximum Gasteiger partial charge on any atom is 0.361 e. The van der Waals surface area contributed by atoms with Crippen molar-refractivity contribution in [2.24, 2.45) is 0 Å².